The number of allylic oxidation sites excluding steroid dienone is 1. The molecule has 1 unspecified atom stereocenters. The molecular weight excluding hydrogens is 382 g/mol. The maximum absolute atomic E-state index is 10.2. The van der Waals surface area contributed by atoms with E-state index in [0.29, 0.717) is 10.7 Å². The fourth-order valence-electron chi connectivity index (χ4n) is 3.18. The van der Waals surface area contributed by atoms with Crippen LogP contribution in [0.1, 0.15) is 33.3 Å². The van der Waals surface area contributed by atoms with Crippen LogP contribution < -0.4 is 5.32 Å². The molecule has 5 heteroatoms. The molecule has 2 aromatic carbocycles. The minimum absolute atomic E-state index is 0.191. The number of hydrogen-bond donors (Lipinski definition) is 3. The topological polar surface area (TPSA) is 69.0 Å². The molecule has 1 atom stereocenters. The Morgan fingerprint density at radius 1 is 1.17 bits per heavy atom. The van der Waals surface area contributed by atoms with E-state index in [9.17, 15) is 5.11 Å². The van der Waals surface area contributed by atoms with Gasteiger partial charge in [-0.05, 0) is 62.6 Å². The van der Waals surface area contributed by atoms with Crippen LogP contribution in [0.2, 0.25) is 5.02 Å². The third kappa shape index (κ3) is 4.66. The lowest BCUT2D eigenvalue weighted by atomic mass is 9.95. The maximum atomic E-state index is 10.2. The molecule has 0 radical (unpaired) electrons. The smallest absolute Gasteiger partial charge is 0.0840 e. The average Bonchev–Trinajstić information content (AvgIpc) is 2.69. The van der Waals surface area contributed by atoms with Crippen molar-refractivity contribution in [1.29, 1.82) is 5.41 Å². The molecule has 0 amide bonds. The van der Waals surface area contributed by atoms with Crippen molar-refractivity contribution in [3.8, 4) is 11.1 Å². The van der Waals surface area contributed by atoms with E-state index in [1.807, 2.05) is 56.3 Å². The number of hydrogen-bond acceptors (Lipinski definition) is 4. The summed E-state index contributed by atoms with van der Waals surface area (Å²) in [6.07, 6.45) is 5.25. The van der Waals surface area contributed by atoms with Gasteiger partial charge in [0.05, 0.1) is 33.6 Å². The van der Waals surface area contributed by atoms with E-state index in [-0.39, 0.29) is 6.04 Å². The summed E-state index contributed by atoms with van der Waals surface area (Å²) < 4.78 is 0. The molecule has 3 N–H and O–H groups in total. The van der Waals surface area contributed by atoms with Gasteiger partial charge in [-0.1, -0.05) is 48.0 Å². The number of nitrogens with one attached hydrogen (secondary N) is 2. The van der Waals surface area contributed by atoms with Gasteiger partial charge in [0.25, 0.3) is 0 Å². The number of anilines is 1. The van der Waals surface area contributed by atoms with Crippen molar-refractivity contribution in [3.05, 3.63) is 71.4 Å². The number of aromatic nitrogens is 1. The van der Waals surface area contributed by atoms with Gasteiger partial charge in [0.2, 0.25) is 0 Å². The SMILES string of the molecule is C/C=C\C(=N)C(C)Nc1c(Cl)cnc2ccc(-c3ccc(C(C)(C)O)cc3)cc12. The third-order valence-electron chi connectivity index (χ3n) is 4.92. The first-order valence-electron chi connectivity index (χ1n) is 9.60. The molecule has 0 saturated carbocycles. The Hall–Kier alpha value is -2.69. The Labute approximate surface area is 176 Å². The van der Waals surface area contributed by atoms with E-state index < -0.39 is 5.60 Å². The molecule has 0 spiro atoms. The number of benzene rings is 2. The zero-order valence-corrected chi connectivity index (χ0v) is 17.9. The molecule has 0 aliphatic heterocycles. The van der Waals surface area contributed by atoms with Crippen LogP contribution >= 0.6 is 11.6 Å². The zero-order valence-electron chi connectivity index (χ0n) is 17.1. The molecule has 150 valence electrons. The first-order chi connectivity index (χ1) is 13.7. The van der Waals surface area contributed by atoms with Crippen LogP contribution in [0, 0.1) is 5.41 Å². The predicted octanol–water partition coefficient (Wildman–Crippen LogP) is 6.18. The fraction of sp³-hybridized carbons (Fsp3) is 0.250. The first kappa shape index (κ1) is 21.0. The van der Waals surface area contributed by atoms with E-state index in [1.165, 1.54) is 0 Å². The van der Waals surface area contributed by atoms with E-state index in [4.69, 9.17) is 17.0 Å². The van der Waals surface area contributed by atoms with Gasteiger partial charge in [-0.25, -0.2) is 0 Å². The van der Waals surface area contributed by atoms with E-state index in [2.05, 4.69) is 16.4 Å². The number of rotatable bonds is 6. The molecule has 0 aliphatic carbocycles. The molecular formula is C24H26ClN3O. The van der Waals surface area contributed by atoms with Crippen LogP contribution in [0.4, 0.5) is 5.69 Å². The third-order valence-corrected chi connectivity index (χ3v) is 5.21. The molecule has 4 nitrogen and oxygen atoms in total. The fourth-order valence-corrected chi connectivity index (χ4v) is 3.39. The number of pyridine rings is 1. The highest BCUT2D eigenvalue weighted by atomic mass is 35.5. The van der Waals surface area contributed by atoms with Gasteiger partial charge in [0.15, 0.2) is 0 Å². The lowest BCUT2D eigenvalue weighted by molar-refractivity contribution is 0.0786. The van der Waals surface area contributed by atoms with Gasteiger partial charge in [0, 0.05) is 11.6 Å². The van der Waals surface area contributed by atoms with Gasteiger partial charge in [0.1, 0.15) is 0 Å². The normalized spacial score (nSPS) is 13.0. The predicted molar refractivity (Wildman–Crippen MR) is 123 cm³/mol. The second kappa shape index (κ2) is 8.36. The Bertz CT molecular complexity index is 1070. The quantitative estimate of drug-likeness (QED) is 0.427. The first-order valence-corrected chi connectivity index (χ1v) is 9.97. The lowest BCUT2D eigenvalue weighted by Gasteiger charge is -2.19. The van der Waals surface area contributed by atoms with Gasteiger partial charge in [-0.2, -0.15) is 0 Å². The van der Waals surface area contributed by atoms with Crippen molar-refractivity contribution in [2.45, 2.75) is 39.3 Å². The summed E-state index contributed by atoms with van der Waals surface area (Å²) >= 11 is 6.46. The summed E-state index contributed by atoms with van der Waals surface area (Å²) in [5.74, 6) is 0. The molecule has 0 fully saturated rings. The molecule has 0 saturated heterocycles. The van der Waals surface area contributed by atoms with Crippen LogP contribution in [0.15, 0.2) is 60.8 Å². The Kier molecular flexibility index (Phi) is 6.06. The Balaban J connectivity index is 2.03. The van der Waals surface area contributed by atoms with Gasteiger partial charge in [-0.3, -0.25) is 4.98 Å². The average molecular weight is 408 g/mol. The second-order valence-corrected chi connectivity index (χ2v) is 8.08. The van der Waals surface area contributed by atoms with Gasteiger partial charge in [-0.15, -0.1) is 0 Å². The van der Waals surface area contributed by atoms with E-state index >= 15 is 0 Å². The highest BCUT2D eigenvalue weighted by Gasteiger charge is 2.16. The highest BCUT2D eigenvalue weighted by Crippen LogP contribution is 2.34. The molecule has 29 heavy (non-hydrogen) atoms. The van der Waals surface area contributed by atoms with Crippen molar-refractivity contribution in [3.63, 3.8) is 0 Å². The van der Waals surface area contributed by atoms with Crippen LogP contribution in [-0.2, 0) is 5.60 Å². The molecule has 3 aromatic rings. The van der Waals surface area contributed by atoms with E-state index in [1.54, 1.807) is 26.1 Å². The van der Waals surface area contributed by atoms with E-state index in [0.717, 1.165) is 33.3 Å². The molecule has 0 bridgehead atoms. The molecule has 1 aromatic heterocycles. The standard InChI is InChI=1S/C24H26ClN3O/c1-5-6-21(26)15(2)28-23-19-13-17(9-12-22(19)27-14-20(23)25)16-7-10-18(11-8-16)24(3,4)29/h5-15,26,29H,1-4H3,(H,27,28)/b6-5-,26-21?. The minimum Gasteiger partial charge on any atom is -0.386 e. The monoisotopic (exact) mass is 407 g/mol. The van der Waals surface area contributed by atoms with Crippen molar-refractivity contribution < 1.29 is 5.11 Å². The van der Waals surface area contributed by atoms with Crippen LogP contribution in [-0.4, -0.2) is 21.8 Å². The number of aliphatic hydroxyl groups is 1. The van der Waals surface area contributed by atoms with Crippen LogP contribution in [0.25, 0.3) is 22.0 Å². The summed E-state index contributed by atoms with van der Waals surface area (Å²) in [6, 6.07) is 13.7. The molecule has 3 rings (SSSR count). The molecule has 1 heterocycles. The Morgan fingerprint density at radius 3 is 2.45 bits per heavy atom. The zero-order chi connectivity index (χ0) is 21.2. The summed E-state index contributed by atoms with van der Waals surface area (Å²) in [6.45, 7) is 7.38. The number of halogens is 1. The van der Waals surface area contributed by atoms with Crippen LogP contribution in [0.3, 0.4) is 0 Å². The van der Waals surface area contributed by atoms with Crippen LogP contribution in [0.5, 0.6) is 0 Å². The second-order valence-electron chi connectivity index (χ2n) is 7.67. The Morgan fingerprint density at radius 2 is 1.83 bits per heavy atom. The van der Waals surface area contributed by atoms with Crippen molar-refractivity contribution in [2.75, 3.05) is 5.32 Å². The lowest BCUT2D eigenvalue weighted by Crippen LogP contribution is -2.24. The largest absolute Gasteiger partial charge is 0.386 e. The number of fused-ring (bicyclic) bond motifs is 1. The summed E-state index contributed by atoms with van der Waals surface area (Å²) in [7, 11) is 0. The van der Waals surface area contributed by atoms with Gasteiger partial charge >= 0.3 is 0 Å². The molecule has 0 aliphatic rings. The highest BCUT2D eigenvalue weighted by molar-refractivity contribution is 6.34. The van der Waals surface area contributed by atoms with Crippen molar-refractivity contribution in [2.24, 2.45) is 0 Å². The van der Waals surface area contributed by atoms with Crippen molar-refractivity contribution in [1.82, 2.24) is 4.98 Å². The van der Waals surface area contributed by atoms with Crippen molar-refractivity contribution >= 4 is 33.9 Å². The summed E-state index contributed by atoms with van der Waals surface area (Å²) in [5.41, 5.74) is 4.15. The minimum atomic E-state index is -0.871. The summed E-state index contributed by atoms with van der Waals surface area (Å²) in [5, 5.41) is 23.1. The van der Waals surface area contributed by atoms with Gasteiger partial charge < -0.3 is 15.8 Å². The maximum Gasteiger partial charge on any atom is 0.0840 e. The number of nitrogens with zero attached hydrogens (tertiary/aromatic N) is 1. The summed E-state index contributed by atoms with van der Waals surface area (Å²) in [4.78, 5) is 4.44.